The number of alkyl halides is 26. The minimum Gasteiger partial charge on any atom is -0.370 e. The molecule has 55 heavy (non-hydrogen) atoms. The second kappa shape index (κ2) is 14.9. The number of epoxide rings is 2. The van der Waals surface area contributed by atoms with Gasteiger partial charge in [0.15, 0.2) is 0 Å². The molecule has 2 fully saturated rings. The van der Waals surface area contributed by atoms with E-state index in [0.717, 1.165) is 0 Å². The molecule has 0 aromatic rings. The Morgan fingerprint density at radius 1 is 0.382 bits per heavy atom. The zero-order valence-electron chi connectivity index (χ0n) is 25.2. The molecule has 0 aliphatic carbocycles. The van der Waals surface area contributed by atoms with Crippen LogP contribution in [-0.4, -0.2) is 124 Å². The van der Waals surface area contributed by atoms with Crippen molar-refractivity contribution in [2.75, 3.05) is 26.4 Å². The zero-order chi connectivity index (χ0) is 43.5. The summed E-state index contributed by atoms with van der Waals surface area (Å²) in [6.45, 7) is -4.76. The second-order valence-electron chi connectivity index (χ2n) is 10.8. The zero-order valence-corrected chi connectivity index (χ0v) is 25.2. The Hall–Kier alpha value is -2.10. The SMILES string of the molecule is FC(F)(F)C(F)(F)C(F)(F)C(F)(F)OC(F)(F)C(F)(F)OCCC(OC(CCOC(F)(F)C(F)(F)OC(F)(F)C(F)(F)C(F)(F)C(F)(F)F)C1CO1)C1CO1. The van der Waals surface area contributed by atoms with Crippen molar-refractivity contribution in [2.24, 2.45) is 0 Å². The topological polar surface area (TPSA) is 71.2 Å². The van der Waals surface area contributed by atoms with E-state index in [1.54, 1.807) is 9.47 Å². The first-order valence-electron chi connectivity index (χ1n) is 13.5. The van der Waals surface area contributed by atoms with Gasteiger partial charge in [-0.05, 0) is 12.8 Å². The van der Waals surface area contributed by atoms with E-state index in [4.69, 9.17) is 4.74 Å². The average molecular weight is 886 g/mol. The van der Waals surface area contributed by atoms with Crippen LogP contribution in [0.3, 0.4) is 0 Å². The number of halogens is 26. The normalized spacial score (nSPS) is 21.5. The Kier molecular flexibility index (Phi) is 13.3. The minimum absolute atomic E-state index is 0.447. The molecule has 2 heterocycles. The summed E-state index contributed by atoms with van der Waals surface area (Å²) in [5.41, 5.74) is 0. The summed E-state index contributed by atoms with van der Waals surface area (Å²) in [6.07, 6.45) is -66.8. The van der Waals surface area contributed by atoms with Crippen LogP contribution in [0.1, 0.15) is 12.8 Å². The van der Waals surface area contributed by atoms with Crippen LogP contribution >= 0.6 is 0 Å². The molecule has 33 heteroatoms. The van der Waals surface area contributed by atoms with Gasteiger partial charge in [-0.1, -0.05) is 0 Å². The Morgan fingerprint density at radius 3 is 0.855 bits per heavy atom. The molecule has 2 aliphatic heterocycles. The summed E-state index contributed by atoms with van der Waals surface area (Å²) in [5, 5.41) is 0. The molecule has 7 nitrogen and oxygen atoms in total. The van der Waals surface area contributed by atoms with Gasteiger partial charge in [-0.15, -0.1) is 0 Å². The van der Waals surface area contributed by atoms with Gasteiger partial charge in [-0.3, -0.25) is 0 Å². The Balaban J connectivity index is 2.08. The summed E-state index contributed by atoms with van der Waals surface area (Å²) in [5.74, 6) is -31.6. The first kappa shape index (κ1) is 49.0. The number of hydrogen-bond acceptors (Lipinski definition) is 7. The first-order valence-corrected chi connectivity index (χ1v) is 13.5. The molecule has 0 spiro atoms. The summed E-state index contributed by atoms with van der Waals surface area (Å²) in [4.78, 5) is 0. The van der Waals surface area contributed by atoms with Crippen LogP contribution in [-0.2, 0) is 33.2 Å². The molecule has 2 rings (SSSR count). The molecule has 0 N–H and O–H groups in total. The molecule has 0 amide bonds. The summed E-state index contributed by atoms with van der Waals surface area (Å²) in [7, 11) is 0. The largest absolute Gasteiger partial charge is 0.460 e. The average Bonchev–Trinajstić information content (AvgIpc) is 3.87. The highest BCUT2D eigenvalue weighted by Gasteiger charge is 2.86. The monoisotopic (exact) mass is 886 g/mol. The molecule has 0 aromatic heterocycles. The van der Waals surface area contributed by atoms with Crippen molar-refractivity contribution in [2.45, 2.75) is 110 Å². The molecule has 2 saturated heterocycles. The van der Waals surface area contributed by atoms with Gasteiger partial charge >= 0.3 is 72.7 Å². The van der Waals surface area contributed by atoms with Crippen molar-refractivity contribution >= 4 is 0 Å². The van der Waals surface area contributed by atoms with Crippen LogP contribution in [0.2, 0.25) is 0 Å². The van der Waals surface area contributed by atoms with Crippen LogP contribution in [0, 0.1) is 0 Å². The Labute approximate surface area is 284 Å². The van der Waals surface area contributed by atoms with Gasteiger partial charge in [-0.2, -0.15) is 114 Å². The van der Waals surface area contributed by atoms with Gasteiger partial charge in [0.05, 0.1) is 38.6 Å². The van der Waals surface area contributed by atoms with Gasteiger partial charge in [0.25, 0.3) is 0 Å². The molecule has 2 aliphatic rings. The maximum absolute atomic E-state index is 13.9. The highest BCUT2D eigenvalue weighted by Crippen LogP contribution is 2.57. The van der Waals surface area contributed by atoms with E-state index in [1.165, 1.54) is 0 Å². The van der Waals surface area contributed by atoms with Gasteiger partial charge in [-0.25, -0.2) is 9.47 Å². The van der Waals surface area contributed by atoms with E-state index in [-0.39, 0.29) is 0 Å². The molecule has 0 bridgehead atoms. The third-order valence-electron chi connectivity index (χ3n) is 6.69. The summed E-state index contributed by atoms with van der Waals surface area (Å²) in [6, 6.07) is 0. The van der Waals surface area contributed by atoms with E-state index in [0.29, 0.717) is 0 Å². The molecular formula is C22H16F26O7. The van der Waals surface area contributed by atoms with Gasteiger partial charge in [0.1, 0.15) is 12.2 Å². The first-order chi connectivity index (χ1) is 24.1. The number of rotatable bonds is 22. The molecule has 0 radical (unpaired) electrons. The minimum atomic E-state index is -7.95. The fraction of sp³-hybridized carbons (Fsp3) is 1.00. The Morgan fingerprint density at radius 2 is 0.636 bits per heavy atom. The van der Waals surface area contributed by atoms with Crippen LogP contribution in [0.15, 0.2) is 0 Å². The van der Waals surface area contributed by atoms with Crippen molar-refractivity contribution in [3.05, 3.63) is 0 Å². The molecule has 328 valence electrons. The van der Waals surface area contributed by atoms with E-state index in [9.17, 15) is 114 Å². The van der Waals surface area contributed by atoms with Crippen LogP contribution in [0.5, 0.6) is 0 Å². The maximum Gasteiger partial charge on any atom is 0.460 e. The lowest BCUT2D eigenvalue weighted by Gasteiger charge is -2.36. The van der Waals surface area contributed by atoms with Crippen LogP contribution in [0.4, 0.5) is 114 Å². The molecule has 0 aromatic carbocycles. The molecule has 4 atom stereocenters. The third-order valence-corrected chi connectivity index (χ3v) is 6.69. The van der Waals surface area contributed by atoms with Crippen molar-refractivity contribution < 1.29 is 147 Å². The lowest BCUT2D eigenvalue weighted by atomic mass is 10.1. The fourth-order valence-corrected chi connectivity index (χ4v) is 3.51. The summed E-state index contributed by atoms with van der Waals surface area (Å²) >= 11 is 0. The lowest BCUT2D eigenvalue weighted by Crippen LogP contribution is -2.64. The smallest absolute Gasteiger partial charge is 0.370 e. The van der Waals surface area contributed by atoms with Crippen molar-refractivity contribution in [1.29, 1.82) is 0 Å². The van der Waals surface area contributed by atoms with Gasteiger partial charge in [0.2, 0.25) is 0 Å². The number of hydrogen-bond donors (Lipinski definition) is 0. The van der Waals surface area contributed by atoms with Crippen molar-refractivity contribution in [3.8, 4) is 0 Å². The van der Waals surface area contributed by atoms with Gasteiger partial charge < -0.3 is 23.7 Å². The predicted molar refractivity (Wildman–Crippen MR) is 113 cm³/mol. The van der Waals surface area contributed by atoms with Crippen molar-refractivity contribution in [1.82, 2.24) is 0 Å². The van der Waals surface area contributed by atoms with E-state index < -0.39 is 136 Å². The molecule has 0 saturated carbocycles. The van der Waals surface area contributed by atoms with Crippen LogP contribution < -0.4 is 0 Å². The van der Waals surface area contributed by atoms with Crippen molar-refractivity contribution in [3.63, 3.8) is 0 Å². The quantitative estimate of drug-likeness (QED) is 0.0798. The highest BCUT2D eigenvalue weighted by atomic mass is 19.4. The molecule has 4 unspecified atom stereocenters. The third kappa shape index (κ3) is 9.96. The van der Waals surface area contributed by atoms with E-state index >= 15 is 0 Å². The predicted octanol–water partition coefficient (Wildman–Crippen LogP) is 8.61. The molecular weight excluding hydrogens is 870 g/mol. The Bertz CT molecular complexity index is 1200. The summed E-state index contributed by atoms with van der Waals surface area (Å²) < 4.78 is 365. The van der Waals surface area contributed by atoms with Gasteiger partial charge in [0, 0.05) is 0 Å². The standard InChI is InChI=1S/C22H16F26O7/c23-11(24,15(31,32)33)13(27,28)17(37,38)54-21(45,46)19(41,42)51-3-1-7(9-5-49-9)53-8(10-6-50-10)2-4-52-20(43,44)22(47,48)55-18(39,40)14(29,30)12(25,26)16(34,35)36/h7-10H,1-6H2. The second-order valence-corrected chi connectivity index (χ2v) is 10.8. The fourth-order valence-electron chi connectivity index (χ4n) is 3.51. The maximum atomic E-state index is 13.9. The highest BCUT2D eigenvalue weighted by molar-refractivity contribution is 4.98. The number of ether oxygens (including phenoxy) is 7. The van der Waals surface area contributed by atoms with Crippen LogP contribution in [0.25, 0.3) is 0 Å². The van der Waals surface area contributed by atoms with E-state index in [1.807, 2.05) is 0 Å². The van der Waals surface area contributed by atoms with E-state index in [2.05, 4.69) is 18.9 Å². The lowest BCUT2D eigenvalue weighted by molar-refractivity contribution is -0.525.